The van der Waals surface area contributed by atoms with Crippen molar-refractivity contribution in [3.63, 3.8) is 0 Å². The van der Waals surface area contributed by atoms with Crippen LogP contribution in [0.1, 0.15) is 26.3 Å². The van der Waals surface area contributed by atoms with Crippen molar-refractivity contribution < 1.29 is 13.5 Å². The summed E-state index contributed by atoms with van der Waals surface area (Å²) in [5.41, 5.74) is 0. The fourth-order valence-corrected chi connectivity index (χ4v) is 2.12. The van der Waals surface area contributed by atoms with Crippen molar-refractivity contribution in [1.29, 1.82) is 0 Å². The summed E-state index contributed by atoms with van der Waals surface area (Å²) in [7, 11) is -3.49. The normalized spacial score (nSPS) is 12.2. The first kappa shape index (κ1) is 13.1. The van der Waals surface area contributed by atoms with Crippen LogP contribution in [0.2, 0.25) is 0 Å². The highest BCUT2D eigenvalue weighted by Crippen LogP contribution is 2.10. The number of nitrogens with one attached hydrogen (secondary N) is 1. The van der Waals surface area contributed by atoms with E-state index in [1.165, 1.54) is 12.4 Å². The second-order valence-electron chi connectivity index (χ2n) is 3.72. The number of nitrogens with zero attached hydrogens (tertiary/aromatic N) is 2. The van der Waals surface area contributed by atoms with Crippen molar-refractivity contribution in [3.8, 4) is 0 Å². The summed E-state index contributed by atoms with van der Waals surface area (Å²) in [6.45, 7) is 4.03. The van der Waals surface area contributed by atoms with Crippen molar-refractivity contribution in [2.24, 2.45) is 0 Å². The van der Waals surface area contributed by atoms with Gasteiger partial charge in [0.15, 0.2) is 0 Å². The van der Waals surface area contributed by atoms with Crippen LogP contribution in [0.25, 0.3) is 0 Å². The zero-order valence-corrected chi connectivity index (χ0v) is 10.2. The molecule has 0 atom stereocenters. The summed E-state index contributed by atoms with van der Waals surface area (Å²) >= 11 is 0. The molecule has 0 fully saturated rings. The molecule has 1 rings (SSSR count). The van der Waals surface area contributed by atoms with Crippen LogP contribution in [0, 0.1) is 0 Å². The Bertz CT molecular complexity index is 425. The minimum atomic E-state index is -3.49. The van der Waals surface area contributed by atoms with Gasteiger partial charge in [-0.3, -0.25) is 4.68 Å². The first-order chi connectivity index (χ1) is 7.47. The van der Waals surface area contributed by atoms with Gasteiger partial charge in [-0.25, -0.2) is 13.1 Å². The Hall–Kier alpha value is -0.920. The molecule has 0 spiro atoms. The molecular formula is C9H17N3O3S. The fourth-order valence-electron chi connectivity index (χ4n) is 1.11. The summed E-state index contributed by atoms with van der Waals surface area (Å²) < 4.78 is 27.4. The number of hydrogen-bond acceptors (Lipinski definition) is 4. The summed E-state index contributed by atoms with van der Waals surface area (Å²) in [4.78, 5) is 0.152. The van der Waals surface area contributed by atoms with Gasteiger partial charge in [-0.2, -0.15) is 5.10 Å². The first-order valence-corrected chi connectivity index (χ1v) is 6.60. The van der Waals surface area contributed by atoms with Crippen molar-refractivity contribution in [3.05, 3.63) is 12.4 Å². The first-order valence-electron chi connectivity index (χ1n) is 5.12. The molecule has 0 aliphatic rings. The van der Waals surface area contributed by atoms with Gasteiger partial charge in [-0.05, 0) is 20.3 Å². The molecule has 0 amide bonds. The van der Waals surface area contributed by atoms with E-state index in [1.54, 1.807) is 4.68 Å². The van der Waals surface area contributed by atoms with Gasteiger partial charge in [-0.15, -0.1) is 0 Å². The lowest BCUT2D eigenvalue weighted by molar-refractivity contribution is 0.289. The van der Waals surface area contributed by atoms with Gasteiger partial charge < -0.3 is 5.11 Å². The summed E-state index contributed by atoms with van der Waals surface area (Å²) in [6.07, 6.45) is 3.21. The highest BCUT2D eigenvalue weighted by atomic mass is 32.2. The Morgan fingerprint density at radius 2 is 2.25 bits per heavy atom. The van der Waals surface area contributed by atoms with Crippen LogP contribution < -0.4 is 4.72 Å². The maximum absolute atomic E-state index is 11.7. The van der Waals surface area contributed by atoms with Crippen LogP contribution in [-0.4, -0.2) is 36.5 Å². The van der Waals surface area contributed by atoms with E-state index >= 15 is 0 Å². The van der Waals surface area contributed by atoms with E-state index in [2.05, 4.69) is 9.82 Å². The Morgan fingerprint density at radius 3 is 2.75 bits per heavy atom. The third-order valence-electron chi connectivity index (χ3n) is 2.04. The molecule has 0 aliphatic heterocycles. The highest BCUT2D eigenvalue weighted by molar-refractivity contribution is 7.89. The Labute approximate surface area is 95.3 Å². The third kappa shape index (κ3) is 3.29. The Morgan fingerprint density at radius 1 is 1.56 bits per heavy atom. The molecule has 1 aromatic rings. The quantitative estimate of drug-likeness (QED) is 0.700. The van der Waals surface area contributed by atoms with E-state index in [9.17, 15) is 8.42 Å². The molecule has 6 nitrogen and oxygen atoms in total. The molecule has 0 aliphatic carbocycles. The van der Waals surface area contributed by atoms with Crippen LogP contribution in [0.4, 0.5) is 0 Å². The van der Waals surface area contributed by atoms with Crippen LogP contribution in [-0.2, 0) is 10.0 Å². The second kappa shape index (κ2) is 5.42. The van der Waals surface area contributed by atoms with Crippen molar-refractivity contribution in [2.45, 2.75) is 31.2 Å². The van der Waals surface area contributed by atoms with E-state index in [4.69, 9.17) is 5.11 Å². The van der Waals surface area contributed by atoms with E-state index in [0.717, 1.165) is 0 Å². The predicted octanol–water partition coefficient (Wildman–Crippen LogP) is 0.125. The minimum Gasteiger partial charge on any atom is -0.396 e. The number of aliphatic hydroxyl groups excluding tert-OH is 1. The molecule has 0 unspecified atom stereocenters. The molecule has 7 heteroatoms. The standard InChI is InChI=1S/C9H17N3O3S/c1-8(2)12-7-9(6-10-12)16(14,15)11-4-3-5-13/h6-8,11,13H,3-5H2,1-2H3. The monoisotopic (exact) mass is 247 g/mol. The average molecular weight is 247 g/mol. The van der Waals surface area contributed by atoms with E-state index in [-0.39, 0.29) is 24.1 Å². The van der Waals surface area contributed by atoms with Gasteiger partial charge >= 0.3 is 0 Å². The number of sulfonamides is 1. The number of hydrogen-bond donors (Lipinski definition) is 2. The van der Waals surface area contributed by atoms with Crippen LogP contribution >= 0.6 is 0 Å². The summed E-state index contributed by atoms with van der Waals surface area (Å²) in [5.74, 6) is 0. The molecule has 16 heavy (non-hydrogen) atoms. The van der Waals surface area contributed by atoms with Crippen LogP contribution in [0.3, 0.4) is 0 Å². The number of rotatable bonds is 6. The third-order valence-corrected chi connectivity index (χ3v) is 3.46. The van der Waals surface area contributed by atoms with E-state index < -0.39 is 10.0 Å². The predicted molar refractivity (Wildman–Crippen MR) is 59.5 cm³/mol. The molecule has 0 aromatic carbocycles. The topological polar surface area (TPSA) is 84.2 Å². The van der Waals surface area contributed by atoms with Crippen molar-refractivity contribution in [2.75, 3.05) is 13.2 Å². The molecular weight excluding hydrogens is 230 g/mol. The smallest absolute Gasteiger partial charge is 0.243 e. The van der Waals surface area contributed by atoms with Gasteiger partial charge in [0.25, 0.3) is 0 Å². The average Bonchev–Trinajstić information content (AvgIpc) is 2.67. The fraction of sp³-hybridized carbons (Fsp3) is 0.667. The van der Waals surface area contributed by atoms with Gasteiger partial charge in [0.1, 0.15) is 4.90 Å². The molecule has 0 saturated heterocycles. The van der Waals surface area contributed by atoms with Crippen molar-refractivity contribution >= 4 is 10.0 Å². The molecule has 1 heterocycles. The lowest BCUT2D eigenvalue weighted by atomic mass is 10.4. The number of aliphatic hydroxyl groups is 1. The SMILES string of the molecule is CC(C)n1cc(S(=O)(=O)NCCCO)cn1. The van der Waals surface area contributed by atoms with Gasteiger partial charge in [-0.1, -0.05) is 0 Å². The lowest BCUT2D eigenvalue weighted by Crippen LogP contribution is -2.25. The maximum atomic E-state index is 11.7. The molecule has 2 N–H and O–H groups in total. The molecule has 0 saturated carbocycles. The van der Waals surface area contributed by atoms with Crippen LogP contribution in [0.5, 0.6) is 0 Å². The Kier molecular flexibility index (Phi) is 4.45. The van der Waals surface area contributed by atoms with Gasteiger partial charge in [0, 0.05) is 25.4 Å². The number of aromatic nitrogens is 2. The van der Waals surface area contributed by atoms with Crippen LogP contribution in [0.15, 0.2) is 17.3 Å². The highest BCUT2D eigenvalue weighted by Gasteiger charge is 2.16. The van der Waals surface area contributed by atoms with E-state index in [1.807, 2.05) is 13.8 Å². The molecule has 92 valence electrons. The summed E-state index contributed by atoms with van der Waals surface area (Å²) in [5, 5.41) is 12.5. The molecule has 0 radical (unpaired) electrons. The zero-order chi connectivity index (χ0) is 12.2. The maximum Gasteiger partial charge on any atom is 0.243 e. The molecule has 0 bridgehead atoms. The minimum absolute atomic E-state index is 0.0340. The summed E-state index contributed by atoms with van der Waals surface area (Å²) in [6, 6.07) is 0.126. The van der Waals surface area contributed by atoms with Gasteiger partial charge in [0.2, 0.25) is 10.0 Å². The lowest BCUT2D eigenvalue weighted by Gasteiger charge is -2.04. The second-order valence-corrected chi connectivity index (χ2v) is 5.49. The largest absolute Gasteiger partial charge is 0.396 e. The Balaban J connectivity index is 2.74. The van der Waals surface area contributed by atoms with Gasteiger partial charge in [0.05, 0.1) is 6.20 Å². The molecule has 1 aromatic heterocycles. The zero-order valence-electron chi connectivity index (χ0n) is 9.42. The van der Waals surface area contributed by atoms with E-state index in [0.29, 0.717) is 6.42 Å². The van der Waals surface area contributed by atoms with Crippen molar-refractivity contribution in [1.82, 2.24) is 14.5 Å².